The van der Waals surface area contributed by atoms with Crippen molar-refractivity contribution < 1.29 is 9.15 Å². The smallest absolute Gasteiger partial charge is 0.282 e. The molecule has 0 unspecified atom stereocenters. The molecule has 0 aliphatic carbocycles. The van der Waals surface area contributed by atoms with Crippen LogP contribution in [0.25, 0.3) is 33.5 Å². The second kappa shape index (κ2) is 8.43. The Kier molecular flexibility index (Phi) is 5.33. The van der Waals surface area contributed by atoms with E-state index in [1.54, 1.807) is 18.3 Å². The first kappa shape index (κ1) is 20.2. The molecule has 5 aromatic rings. The number of hydrogen-bond donors (Lipinski definition) is 0. The second-order valence-electron chi connectivity index (χ2n) is 7.11. The average molecular weight is 488 g/mol. The number of aromatic nitrogens is 2. The van der Waals surface area contributed by atoms with Gasteiger partial charge in [0.2, 0.25) is 5.82 Å². The van der Waals surface area contributed by atoms with Gasteiger partial charge in [-0.1, -0.05) is 28.1 Å². The summed E-state index contributed by atoms with van der Waals surface area (Å²) in [6.07, 6.45) is 1.62. The lowest BCUT2D eigenvalue weighted by Gasteiger charge is -2.07. The molecule has 0 saturated carbocycles. The van der Waals surface area contributed by atoms with Crippen LogP contribution in [0.4, 0.5) is 0 Å². The van der Waals surface area contributed by atoms with E-state index in [9.17, 15) is 4.79 Å². The average Bonchev–Trinajstić information content (AvgIpc) is 3.22. The van der Waals surface area contributed by atoms with Gasteiger partial charge in [0.1, 0.15) is 11.3 Å². The molecule has 7 heteroatoms. The molecule has 0 amide bonds. The molecule has 0 fully saturated rings. The van der Waals surface area contributed by atoms with Gasteiger partial charge in [-0.2, -0.15) is 9.78 Å². The quantitative estimate of drug-likeness (QED) is 0.291. The Morgan fingerprint density at radius 3 is 2.72 bits per heavy atom. The zero-order chi connectivity index (χ0) is 22.1. The summed E-state index contributed by atoms with van der Waals surface area (Å²) in [5, 5.41) is 5.86. The van der Waals surface area contributed by atoms with Gasteiger partial charge in [-0.25, -0.2) is 4.98 Å². The number of nitrogens with zero attached hydrogens (tertiary/aromatic N) is 3. The first-order valence-electron chi connectivity index (χ1n) is 10.1. The van der Waals surface area contributed by atoms with Crippen molar-refractivity contribution in [3.05, 3.63) is 93.2 Å². The minimum atomic E-state index is -0.269. The minimum Gasteiger partial charge on any atom is -0.494 e. The summed E-state index contributed by atoms with van der Waals surface area (Å²) < 4.78 is 13.7. The largest absolute Gasteiger partial charge is 0.494 e. The molecule has 0 spiro atoms. The van der Waals surface area contributed by atoms with E-state index in [0.717, 1.165) is 21.2 Å². The van der Waals surface area contributed by atoms with E-state index in [-0.39, 0.29) is 5.56 Å². The van der Waals surface area contributed by atoms with Crippen LogP contribution in [0.5, 0.6) is 5.75 Å². The van der Waals surface area contributed by atoms with Gasteiger partial charge in [0, 0.05) is 9.86 Å². The van der Waals surface area contributed by atoms with E-state index in [4.69, 9.17) is 14.1 Å². The van der Waals surface area contributed by atoms with Crippen molar-refractivity contribution in [2.24, 2.45) is 5.10 Å². The molecule has 0 aliphatic heterocycles. The summed E-state index contributed by atoms with van der Waals surface area (Å²) in [6.45, 7) is 2.54. The van der Waals surface area contributed by atoms with Crippen LogP contribution in [0.3, 0.4) is 0 Å². The van der Waals surface area contributed by atoms with E-state index in [2.05, 4.69) is 21.0 Å². The second-order valence-corrected chi connectivity index (χ2v) is 8.02. The highest BCUT2D eigenvalue weighted by atomic mass is 79.9. The number of furan rings is 1. The third-order valence-electron chi connectivity index (χ3n) is 4.97. The first-order chi connectivity index (χ1) is 15.6. The highest BCUT2D eigenvalue weighted by Crippen LogP contribution is 2.29. The van der Waals surface area contributed by atoms with Crippen molar-refractivity contribution in [1.82, 2.24) is 9.66 Å². The van der Waals surface area contributed by atoms with E-state index in [0.29, 0.717) is 34.7 Å². The van der Waals surface area contributed by atoms with Gasteiger partial charge in [-0.3, -0.25) is 4.79 Å². The monoisotopic (exact) mass is 487 g/mol. The zero-order valence-electron chi connectivity index (χ0n) is 17.2. The van der Waals surface area contributed by atoms with Crippen LogP contribution in [0.1, 0.15) is 12.5 Å². The molecule has 0 aliphatic rings. The Labute approximate surface area is 191 Å². The third-order valence-corrected chi connectivity index (χ3v) is 5.46. The van der Waals surface area contributed by atoms with Gasteiger partial charge in [0.05, 0.1) is 23.7 Å². The number of ether oxygens (including phenoxy) is 1. The molecule has 2 heterocycles. The molecule has 0 bridgehead atoms. The first-order valence-corrected chi connectivity index (χ1v) is 10.9. The maximum Gasteiger partial charge on any atom is 0.282 e. The van der Waals surface area contributed by atoms with Crippen LogP contribution in [-0.2, 0) is 0 Å². The lowest BCUT2D eigenvalue weighted by atomic mass is 10.2. The lowest BCUT2D eigenvalue weighted by Crippen LogP contribution is -2.20. The number of para-hydroxylation sites is 1. The van der Waals surface area contributed by atoms with Crippen LogP contribution < -0.4 is 10.3 Å². The summed E-state index contributed by atoms with van der Waals surface area (Å²) in [7, 11) is 0. The maximum absolute atomic E-state index is 13.3. The Balaban J connectivity index is 1.66. The molecule has 0 radical (unpaired) electrons. The summed E-state index contributed by atoms with van der Waals surface area (Å²) in [5.74, 6) is 1.58. The molecule has 0 saturated heterocycles. The number of rotatable bonds is 5. The van der Waals surface area contributed by atoms with Crippen LogP contribution in [0.15, 0.2) is 91.6 Å². The summed E-state index contributed by atoms with van der Waals surface area (Å²) in [6, 6.07) is 22.3. The van der Waals surface area contributed by atoms with Gasteiger partial charge in [0.25, 0.3) is 5.56 Å². The van der Waals surface area contributed by atoms with E-state index in [1.165, 1.54) is 4.68 Å². The molecule has 5 rings (SSSR count). The molecule has 2 aromatic heterocycles. The highest BCUT2D eigenvalue weighted by Gasteiger charge is 2.16. The molecule has 158 valence electrons. The van der Waals surface area contributed by atoms with Gasteiger partial charge >= 0.3 is 0 Å². The van der Waals surface area contributed by atoms with E-state index < -0.39 is 0 Å². The predicted molar refractivity (Wildman–Crippen MR) is 130 cm³/mol. The molecule has 3 aromatic carbocycles. The number of hydrogen-bond acceptors (Lipinski definition) is 5. The normalized spacial score (nSPS) is 11.6. The Morgan fingerprint density at radius 1 is 1.09 bits per heavy atom. The van der Waals surface area contributed by atoms with Crippen LogP contribution in [0.2, 0.25) is 0 Å². The third kappa shape index (κ3) is 3.83. The van der Waals surface area contributed by atoms with Crippen molar-refractivity contribution in [3.8, 4) is 17.3 Å². The van der Waals surface area contributed by atoms with Crippen LogP contribution in [0, 0.1) is 0 Å². The van der Waals surface area contributed by atoms with Crippen molar-refractivity contribution in [2.75, 3.05) is 6.61 Å². The fraction of sp³-hybridized carbons (Fsp3) is 0.0800. The summed E-state index contributed by atoms with van der Waals surface area (Å²) in [5.41, 5.74) is 1.84. The van der Waals surface area contributed by atoms with Crippen LogP contribution in [-0.4, -0.2) is 22.5 Å². The van der Waals surface area contributed by atoms with Crippen molar-refractivity contribution in [1.29, 1.82) is 0 Å². The molecule has 0 atom stereocenters. The molecular weight excluding hydrogens is 470 g/mol. The Hall–Kier alpha value is -3.71. The number of fused-ring (bicyclic) bond motifs is 2. The molecular formula is C25H18BrN3O3. The van der Waals surface area contributed by atoms with Crippen molar-refractivity contribution in [2.45, 2.75) is 6.92 Å². The van der Waals surface area contributed by atoms with Gasteiger partial charge in [-0.05, 0) is 73.2 Å². The maximum atomic E-state index is 13.3. The zero-order valence-corrected chi connectivity index (χ0v) is 18.7. The predicted octanol–water partition coefficient (Wildman–Crippen LogP) is 5.85. The minimum absolute atomic E-state index is 0.269. The van der Waals surface area contributed by atoms with Crippen LogP contribution >= 0.6 is 15.9 Å². The highest BCUT2D eigenvalue weighted by molar-refractivity contribution is 9.10. The lowest BCUT2D eigenvalue weighted by molar-refractivity contribution is 0.340. The topological polar surface area (TPSA) is 69.6 Å². The SMILES string of the molecule is CCOc1ccc(C=Nn2c(-c3cc4cc(Br)ccc4o3)nc3ccccc3c2=O)cc1. The van der Waals surface area contributed by atoms with Gasteiger partial charge in [-0.15, -0.1) is 0 Å². The Bertz CT molecular complexity index is 1520. The van der Waals surface area contributed by atoms with Gasteiger partial charge in [0.15, 0.2) is 5.76 Å². The molecule has 32 heavy (non-hydrogen) atoms. The molecule has 0 N–H and O–H groups in total. The van der Waals surface area contributed by atoms with E-state index >= 15 is 0 Å². The fourth-order valence-electron chi connectivity index (χ4n) is 3.46. The standard InChI is InChI=1S/C25H18BrN3O3/c1-2-31-19-10-7-16(8-11-19)15-27-29-24(28-21-6-4-3-5-20(21)25(29)30)23-14-17-13-18(26)9-12-22(17)32-23/h3-15H,2H2,1H3. The summed E-state index contributed by atoms with van der Waals surface area (Å²) in [4.78, 5) is 18.0. The van der Waals surface area contributed by atoms with Crippen molar-refractivity contribution >= 4 is 44.0 Å². The van der Waals surface area contributed by atoms with E-state index in [1.807, 2.05) is 67.6 Å². The molecule has 6 nitrogen and oxygen atoms in total. The van der Waals surface area contributed by atoms with Gasteiger partial charge < -0.3 is 9.15 Å². The van der Waals surface area contributed by atoms with Crippen molar-refractivity contribution in [3.63, 3.8) is 0 Å². The number of halogens is 1. The number of benzene rings is 3. The fourth-order valence-corrected chi connectivity index (χ4v) is 3.83. The Morgan fingerprint density at radius 2 is 1.91 bits per heavy atom. The summed E-state index contributed by atoms with van der Waals surface area (Å²) >= 11 is 3.48.